The van der Waals surface area contributed by atoms with Gasteiger partial charge in [-0.15, -0.1) is 0 Å². The Hall–Kier alpha value is -1.80. The van der Waals surface area contributed by atoms with Crippen molar-refractivity contribution in [2.75, 3.05) is 19.8 Å². The minimum absolute atomic E-state index is 0.0390. The van der Waals surface area contributed by atoms with Crippen molar-refractivity contribution in [2.45, 2.75) is 265 Å². The van der Waals surface area contributed by atoms with Crippen LogP contribution in [0.3, 0.4) is 0 Å². The molecule has 0 spiro atoms. The van der Waals surface area contributed by atoms with E-state index in [0.717, 1.165) is 5.57 Å². The van der Waals surface area contributed by atoms with Crippen LogP contribution < -0.4 is 0 Å². The zero-order chi connectivity index (χ0) is 57.6. The molecule has 16 N–H and O–H groups in total. The van der Waals surface area contributed by atoms with Crippen LogP contribution in [0.4, 0.5) is 0 Å². The molecule has 6 aliphatic rings. The first kappa shape index (κ1) is 65.4. The fourth-order valence-electron chi connectivity index (χ4n) is 10.0. The van der Waals surface area contributed by atoms with Gasteiger partial charge in [-0.05, 0) is 85.1 Å². The normalized spacial score (nSPS) is 48.4. The highest BCUT2D eigenvalue weighted by molar-refractivity contribution is 5.04. The summed E-state index contributed by atoms with van der Waals surface area (Å²) in [5.74, 6) is -0.125. The Kier molecular flexibility index (Phi) is 24.4. The minimum Gasteiger partial charge on any atom is -0.470 e. The van der Waals surface area contributed by atoms with Gasteiger partial charge >= 0.3 is 0 Å². The molecule has 0 saturated carbocycles. The number of allylic oxidation sites excluding steroid dienone is 3. The monoisotopic (exact) mass is 1130 g/mol. The summed E-state index contributed by atoms with van der Waals surface area (Å²) in [6.07, 6.45) is -39.4. The Bertz CT molecular complexity index is 1870. The van der Waals surface area contributed by atoms with E-state index in [1.54, 1.807) is 6.92 Å². The van der Waals surface area contributed by atoms with E-state index in [1.165, 1.54) is 34.0 Å². The molecule has 78 heavy (non-hydrogen) atoms. The Morgan fingerprint density at radius 1 is 0.423 bits per heavy atom. The molecule has 0 aromatic carbocycles. The lowest BCUT2D eigenvalue weighted by atomic mass is 9.96. The highest BCUT2D eigenvalue weighted by Gasteiger charge is 2.56. The van der Waals surface area contributed by atoms with Crippen molar-refractivity contribution in [3.05, 3.63) is 23.5 Å². The molecule has 0 aromatic rings. The van der Waals surface area contributed by atoms with E-state index in [9.17, 15) is 81.7 Å². The average molecular weight is 1140 g/mol. The Labute approximate surface area is 451 Å². The van der Waals surface area contributed by atoms with E-state index in [0.29, 0.717) is 37.7 Å². The van der Waals surface area contributed by atoms with Crippen molar-refractivity contribution in [1.82, 2.24) is 0 Å². The number of rotatable bonds is 22. The van der Waals surface area contributed by atoms with Gasteiger partial charge in [0.25, 0.3) is 0 Å². The molecular formula is C50H86O28. The van der Waals surface area contributed by atoms with Crippen LogP contribution in [-0.2, 0) is 56.8 Å². The standard InChI is InChI=1S/C50H86O28/c1-18(10-8-12-19(2)16-67-49-43(77-47-39(65)35(61)29(55)23(6)71-47)41(31(57)25(14-51)73-49)75-45-37(63)33(59)27(53)21(4)69-45)11-9-13-20(3)17-68-50-44(78-48-40(66)36(62)30(56)24(7)72-48)42(32(58)26(15-52)74-50)76-46-38(64)34(60)28(54)22(5)70-46/h10,16,20-66H,8-9,11-15,17H2,1-7H3/b18-10+,19-16+/t20-,21+,22+,23+,24+,25-,26-,27+,28+,29+,30+,31-,32-,33-,34-,35-,36-,37-,38-,39-,40-,41+,42+,43-,44-,45+,46+,47+,48+,49-,50-/m1/s1. The maximum Gasteiger partial charge on any atom is 0.228 e. The molecule has 0 bridgehead atoms. The highest BCUT2D eigenvalue weighted by atomic mass is 16.8. The third kappa shape index (κ3) is 15.5. The zero-order valence-corrected chi connectivity index (χ0v) is 44.8. The second-order valence-electron chi connectivity index (χ2n) is 21.6. The molecule has 6 heterocycles. The molecule has 0 aliphatic carbocycles. The van der Waals surface area contributed by atoms with Gasteiger partial charge in [-0.1, -0.05) is 18.6 Å². The SMILES string of the molecule is C/C(=C\O[C@@H]1O[C@H](CO)[C@@H](O)[C@H](O[C@@H]2O[C@@H](C)[C@H](O)[C@@H](O)[C@H]2O)[C@H]1O[C@@H]1O[C@@H](C)[C@H](O)[C@@H](O)[C@H]1O)CC/C=C(\C)CCC[C@@H](C)CO[C@@H]1O[C@H](CO)[C@@H](O)[C@H](O[C@@H]2O[C@@H](C)[C@H](O)[C@@H](O)[C@H]2O)[C@H]1O[C@@H]1O[C@@H](C)[C@H](O)[C@@H](O)[C@H]1O. The average Bonchev–Trinajstić information content (AvgIpc) is 3.46. The van der Waals surface area contributed by atoms with Crippen LogP contribution >= 0.6 is 0 Å². The third-order valence-corrected chi connectivity index (χ3v) is 15.2. The second-order valence-corrected chi connectivity index (χ2v) is 21.6. The van der Waals surface area contributed by atoms with Crippen molar-refractivity contribution in [3.8, 4) is 0 Å². The van der Waals surface area contributed by atoms with E-state index in [4.69, 9.17) is 56.8 Å². The Balaban J connectivity index is 1.06. The molecule has 0 unspecified atom stereocenters. The lowest BCUT2D eigenvalue weighted by molar-refractivity contribution is -0.390. The maximum atomic E-state index is 11.4. The molecular weight excluding hydrogens is 1050 g/mol. The summed E-state index contributed by atoms with van der Waals surface area (Å²) in [5.41, 5.74) is 1.76. The third-order valence-electron chi connectivity index (χ3n) is 15.2. The smallest absolute Gasteiger partial charge is 0.228 e. The molecule has 28 heteroatoms. The van der Waals surface area contributed by atoms with E-state index in [2.05, 4.69) is 0 Å². The van der Waals surface area contributed by atoms with Crippen molar-refractivity contribution < 1.29 is 139 Å². The number of hydrogen-bond acceptors (Lipinski definition) is 28. The summed E-state index contributed by atoms with van der Waals surface area (Å²) in [7, 11) is 0. The molecule has 31 atom stereocenters. The van der Waals surface area contributed by atoms with Crippen LogP contribution in [0.2, 0.25) is 0 Å². The second kappa shape index (κ2) is 29.1. The number of hydrogen-bond donors (Lipinski definition) is 16. The molecule has 28 nitrogen and oxygen atoms in total. The van der Waals surface area contributed by atoms with Crippen molar-refractivity contribution in [1.29, 1.82) is 0 Å². The van der Waals surface area contributed by atoms with E-state index in [-0.39, 0.29) is 12.5 Å². The van der Waals surface area contributed by atoms with Crippen LogP contribution in [-0.4, -0.2) is 286 Å². The summed E-state index contributed by atoms with van der Waals surface area (Å²) in [5, 5.41) is 170. The Morgan fingerprint density at radius 2 is 0.782 bits per heavy atom. The van der Waals surface area contributed by atoms with Gasteiger partial charge in [-0.25, -0.2) is 0 Å². The minimum atomic E-state index is -1.81. The predicted octanol–water partition coefficient (Wildman–Crippen LogP) is -5.54. The topological polar surface area (TPSA) is 434 Å². The maximum absolute atomic E-state index is 11.4. The van der Waals surface area contributed by atoms with Gasteiger partial charge in [0.05, 0.1) is 50.5 Å². The largest absolute Gasteiger partial charge is 0.470 e. The first-order valence-corrected chi connectivity index (χ1v) is 26.7. The molecule has 6 rings (SSSR count). The lowest BCUT2D eigenvalue weighted by Crippen LogP contribution is -2.66. The first-order valence-electron chi connectivity index (χ1n) is 26.7. The zero-order valence-electron chi connectivity index (χ0n) is 44.8. The Morgan fingerprint density at radius 3 is 1.17 bits per heavy atom. The molecule has 6 saturated heterocycles. The van der Waals surface area contributed by atoms with Crippen molar-refractivity contribution >= 4 is 0 Å². The van der Waals surface area contributed by atoms with Gasteiger partial charge < -0.3 is 139 Å². The quantitative estimate of drug-likeness (QED) is 0.0355. The van der Waals surface area contributed by atoms with E-state index < -0.39 is 197 Å². The summed E-state index contributed by atoms with van der Waals surface area (Å²) in [6, 6.07) is 0. The van der Waals surface area contributed by atoms with Gasteiger partial charge in [0.15, 0.2) is 37.6 Å². The van der Waals surface area contributed by atoms with Crippen LogP contribution in [0.15, 0.2) is 23.5 Å². The molecule has 0 aromatic heterocycles. The molecule has 0 amide bonds. The number of aliphatic hydroxyl groups excluding tert-OH is 16. The molecule has 0 radical (unpaired) electrons. The summed E-state index contributed by atoms with van der Waals surface area (Å²) >= 11 is 0. The number of ether oxygens (including phenoxy) is 12. The first-order chi connectivity index (χ1) is 36.8. The van der Waals surface area contributed by atoms with E-state index >= 15 is 0 Å². The predicted molar refractivity (Wildman–Crippen MR) is 259 cm³/mol. The van der Waals surface area contributed by atoms with Gasteiger partial charge in [-0.3, -0.25) is 0 Å². The summed E-state index contributed by atoms with van der Waals surface area (Å²) in [4.78, 5) is 0. The van der Waals surface area contributed by atoms with Gasteiger partial charge in [-0.2, -0.15) is 0 Å². The molecule has 6 fully saturated rings. The highest BCUT2D eigenvalue weighted by Crippen LogP contribution is 2.37. The summed E-state index contributed by atoms with van der Waals surface area (Å²) < 4.78 is 70.9. The fraction of sp³-hybridized carbons (Fsp3) is 0.920. The lowest BCUT2D eigenvalue weighted by Gasteiger charge is -2.48. The van der Waals surface area contributed by atoms with Gasteiger partial charge in [0, 0.05) is 0 Å². The van der Waals surface area contributed by atoms with Crippen LogP contribution in [0, 0.1) is 5.92 Å². The van der Waals surface area contributed by atoms with Crippen LogP contribution in [0.5, 0.6) is 0 Å². The van der Waals surface area contributed by atoms with Crippen molar-refractivity contribution in [2.24, 2.45) is 5.92 Å². The fourth-order valence-corrected chi connectivity index (χ4v) is 10.0. The van der Waals surface area contributed by atoms with Crippen LogP contribution in [0.25, 0.3) is 0 Å². The van der Waals surface area contributed by atoms with Gasteiger partial charge in [0.1, 0.15) is 116 Å². The van der Waals surface area contributed by atoms with Crippen LogP contribution in [0.1, 0.15) is 80.6 Å². The summed E-state index contributed by atoms with van der Waals surface area (Å²) in [6.45, 7) is 9.93. The van der Waals surface area contributed by atoms with E-state index in [1.807, 2.05) is 19.9 Å². The van der Waals surface area contributed by atoms with Crippen molar-refractivity contribution in [3.63, 3.8) is 0 Å². The number of aliphatic hydroxyl groups is 16. The molecule has 454 valence electrons. The molecule has 6 aliphatic heterocycles. The van der Waals surface area contributed by atoms with Gasteiger partial charge in [0.2, 0.25) is 6.29 Å².